The monoisotopic (exact) mass is 303 g/mol. The first-order valence-electron chi connectivity index (χ1n) is 7.11. The van der Waals surface area contributed by atoms with Crippen LogP contribution in [0.2, 0.25) is 0 Å². The van der Waals surface area contributed by atoms with E-state index in [2.05, 4.69) is 10.3 Å². The summed E-state index contributed by atoms with van der Waals surface area (Å²) in [6.45, 7) is 6.02. The van der Waals surface area contributed by atoms with Crippen molar-refractivity contribution in [1.82, 2.24) is 4.98 Å². The van der Waals surface area contributed by atoms with Crippen molar-refractivity contribution in [3.63, 3.8) is 0 Å². The summed E-state index contributed by atoms with van der Waals surface area (Å²) in [6.07, 6.45) is 0.305. The van der Waals surface area contributed by atoms with Crippen molar-refractivity contribution < 1.29 is 14.1 Å². The molecule has 2 unspecified atom stereocenters. The molecule has 1 N–H and O–H groups in total. The number of nitro groups is 1. The fourth-order valence-electron chi connectivity index (χ4n) is 2.26. The number of benzene rings is 1. The Kier molecular flexibility index (Phi) is 3.16. The zero-order chi connectivity index (χ0) is 16.1. The Morgan fingerprint density at radius 3 is 2.77 bits per heavy atom. The third-order valence-corrected chi connectivity index (χ3v) is 3.66. The van der Waals surface area contributed by atoms with E-state index < -0.39 is 16.9 Å². The molecule has 2 atom stereocenters. The molecule has 1 amide bonds. The van der Waals surface area contributed by atoms with Crippen LogP contribution in [-0.2, 0) is 10.2 Å². The minimum absolute atomic E-state index is 0.199. The number of carbonyl (C=O) groups excluding carboxylic acids is 1. The summed E-state index contributed by atoms with van der Waals surface area (Å²) in [4.78, 5) is 26.6. The minimum Gasteiger partial charge on any atom is -0.440 e. The highest BCUT2D eigenvalue weighted by Crippen LogP contribution is 2.34. The molecule has 1 saturated carbocycles. The van der Waals surface area contributed by atoms with Gasteiger partial charge in [0.2, 0.25) is 17.8 Å². The number of oxazole rings is 1. The maximum atomic E-state index is 11.9. The van der Waals surface area contributed by atoms with Crippen LogP contribution >= 0.6 is 0 Å². The molecule has 7 heteroatoms. The fourth-order valence-corrected chi connectivity index (χ4v) is 2.26. The molecule has 0 spiro atoms. The van der Waals surface area contributed by atoms with Crippen LogP contribution in [0.15, 0.2) is 22.6 Å². The second-order valence-corrected chi connectivity index (χ2v) is 6.64. The van der Waals surface area contributed by atoms with Crippen molar-refractivity contribution >= 4 is 22.7 Å². The van der Waals surface area contributed by atoms with Gasteiger partial charge in [-0.25, -0.2) is 4.98 Å². The maximum Gasteiger partial charge on any atom is 0.234 e. The Bertz CT molecular complexity index is 760. The SMILES string of the molecule is CC(C)(C)c1nc2cc(NC(=O)C3CC3[N+](=O)[O-])ccc2o1. The van der Waals surface area contributed by atoms with Crippen molar-refractivity contribution in [2.24, 2.45) is 5.92 Å². The summed E-state index contributed by atoms with van der Waals surface area (Å²) in [5.74, 6) is -0.227. The Balaban J connectivity index is 1.78. The highest BCUT2D eigenvalue weighted by atomic mass is 16.6. The van der Waals surface area contributed by atoms with Crippen LogP contribution in [0.25, 0.3) is 11.1 Å². The van der Waals surface area contributed by atoms with E-state index in [0.29, 0.717) is 29.1 Å². The van der Waals surface area contributed by atoms with Crippen LogP contribution in [0.4, 0.5) is 5.69 Å². The summed E-state index contributed by atoms with van der Waals surface area (Å²) in [5.41, 5.74) is 1.68. The molecule has 1 aliphatic carbocycles. The van der Waals surface area contributed by atoms with Gasteiger partial charge < -0.3 is 9.73 Å². The van der Waals surface area contributed by atoms with Gasteiger partial charge in [0.25, 0.3) is 0 Å². The van der Waals surface area contributed by atoms with Gasteiger partial charge in [0, 0.05) is 22.4 Å². The highest BCUT2D eigenvalue weighted by Gasteiger charge is 2.53. The van der Waals surface area contributed by atoms with Gasteiger partial charge in [0.05, 0.1) is 0 Å². The fraction of sp³-hybridized carbons (Fsp3) is 0.467. The molecule has 1 aromatic carbocycles. The molecular weight excluding hydrogens is 286 g/mol. The van der Waals surface area contributed by atoms with Crippen molar-refractivity contribution in [3.8, 4) is 0 Å². The topological polar surface area (TPSA) is 98.3 Å². The number of anilines is 1. The molecule has 1 aliphatic rings. The lowest BCUT2D eigenvalue weighted by Gasteiger charge is -2.11. The molecule has 1 aromatic heterocycles. The number of fused-ring (bicyclic) bond motifs is 1. The van der Waals surface area contributed by atoms with E-state index in [9.17, 15) is 14.9 Å². The van der Waals surface area contributed by atoms with Crippen LogP contribution in [0, 0.1) is 16.0 Å². The number of rotatable bonds is 3. The van der Waals surface area contributed by atoms with Gasteiger partial charge in [0.1, 0.15) is 11.4 Å². The van der Waals surface area contributed by atoms with Gasteiger partial charge in [-0.05, 0) is 18.2 Å². The first kappa shape index (κ1) is 14.5. The van der Waals surface area contributed by atoms with E-state index in [4.69, 9.17) is 4.42 Å². The Morgan fingerprint density at radius 1 is 1.45 bits per heavy atom. The summed E-state index contributed by atoms with van der Waals surface area (Å²) >= 11 is 0. The lowest BCUT2D eigenvalue weighted by atomic mass is 9.97. The summed E-state index contributed by atoms with van der Waals surface area (Å²) in [7, 11) is 0. The van der Waals surface area contributed by atoms with E-state index >= 15 is 0 Å². The average molecular weight is 303 g/mol. The van der Waals surface area contributed by atoms with Crippen molar-refractivity contribution in [3.05, 3.63) is 34.2 Å². The average Bonchev–Trinajstić information content (AvgIpc) is 3.10. The highest BCUT2D eigenvalue weighted by molar-refractivity contribution is 5.96. The number of hydrogen-bond donors (Lipinski definition) is 1. The lowest BCUT2D eigenvalue weighted by Crippen LogP contribution is -2.18. The molecule has 0 saturated heterocycles. The Morgan fingerprint density at radius 2 is 2.18 bits per heavy atom. The number of hydrogen-bond acceptors (Lipinski definition) is 5. The van der Waals surface area contributed by atoms with Crippen LogP contribution in [0.1, 0.15) is 33.1 Å². The van der Waals surface area contributed by atoms with E-state index in [1.165, 1.54) is 0 Å². The van der Waals surface area contributed by atoms with E-state index in [-0.39, 0.29) is 11.3 Å². The predicted octanol–water partition coefficient (Wildman–Crippen LogP) is 2.73. The number of carbonyl (C=O) groups is 1. The molecule has 7 nitrogen and oxygen atoms in total. The molecular formula is C15H17N3O4. The van der Waals surface area contributed by atoms with Crippen LogP contribution < -0.4 is 5.32 Å². The predicted molar refractivity (Wildman–Crippen MR) is 80.2 cm³/mol. The first-order valence-corrected chi connectivity index (χ1v) is 7.11. The summed E-state index contributed by atoms with van der Waals surface area (Å²) in [6, 6.07) is 4.42. The number of nitrogens with one attached hydrogen (secondary N) is 1. The van der Waals surface area contributed by atoms with Gasteiger partial charge in [-0.3, -0.25) is 14.9 Å². The zero-order valence-corrected chi connectivity index (χ0v) is 12.6. The van der Waals surface area contributed by atoms with Crippen molar-refractivity contribution in [1.29, 1.82) is 0 Å². The molecule has 1 heterocycles. The Labute approximate surface area is 126 Å². The quantitative estimate of drug-likeness (QED) is 0.694. The standard InChI is InChI=1S/C15H17N3O4/c1-15(2,3)14-17-10-6-8(4-5-12(10)22-14)16-13(19)9-7-11(9)18(20)21/h4-6,9,11H,7H2,1-3H3,(H,16,19). The molecule has 0 radical (unpaired) electrons. The normalized spacial score (nSPS) is 20.9. The minimum atomic E-state index is -0.747. The molecule has 0 bridgehead atoms. The third kappa shape index (κ3) is 2.66. The van der Waals surface area contributed by atoms with E-state index in [1.807, 2.05) is 20.8 Å². The van der Waals surface area contributed by atoms with Crippen LogP contribution in [0.5, 0.6) is 0 Å². The van der Waals surface area contributed by atoms with Crippen molar-refractivity contribution in [2.45, 2.75) is 38.6 Å². The summed E-state index contributed by atoms with van der Waals surface area (Å²) in [5, 5.41) is 13.3. The van der Waals surface area contributed by atoms with Gasteiger partial charge in [-0.15, -0.1) is 0 Å². The second-order valence-electron chi connectivity index (χ2n) is 6.64. The maximum absolute atomic E-state index is 11.9. The Hall–Kier alpha value is -2.44. The largest absolute Gasteiger partial charge is 0.440 e. The molecule has 2 aromatic rings. The first-order chi connectivity index (χ1) is 10.3. The van der Waals surface area contributed by atoms with E-state index in [1.54, 1.807) is 18.2 Å². The van der Waals surface area contributed by atoms with Crippen LogP contribution in [0.3, 0.4) is 0 Å². The lowest BCUT2D eigenvalue weighted by molar-refractivity contribution is -0.497. The van der Waals surface area contributed by atoms with Gasteiger partial charge in [-0.2, -0.15) is 0 Å². The molecule has 1 fully saturated rings. The van der Waals surface area contributed by atoms with Crippen LogP contribution in [-0.4, -0.2) is 21.9 Å². The summed E-state index contributed by atoms with van der Waals surface area (Å²) < 4.78 is 5.69. The van der Waals surface area contributed by atoms with Gasteiger partial charge in [0.15, 0.2) is 5.58 Å². The second kappa shape index (κ2) is 4.79. The van der Waals surface area contributed by atoms with E-state index in [0.717, 1.165) is 0 Å². The zero-order valence-electron chi connectivity index (χ0n) is 12.6. The molecule has 0 aliphatic heterocycles. The van der Waals surface area contributed by atoms with Gasteiger partial charge >= 0.3 is 0 Å². The molecule has 116 valence electrons. The molecule has 3 rings (SSSR count). The number of amides is 1. The molecule has 22 heavy (non-hydrogen) atoms. The smallest absolute Gasteiger partial charge is 0.234 e. The van der Waals surface area contributed by atoms with Gasteiger partial charge in [-0.1, -0.05) is 20.8 Å². The van der Waals surface area contributed by atoms with Crippen molar-refractivity contribution in [2.75, 3.05) is 5.32 Å². The number of aromatic nitrogens is 1. The third-order valence-electron chi connectivity index (χ3n) is 3.66. The number of nitrogens with zero attached hydrogens (tertiary/aromatic N) is 2.